The Morgan fingerprint density at radius 1 is 1.12 bits per heavy atom. The highest BCUT2D eigenvalue weighted by atomic mass is 16.5. The Balaban J connectivity index is 1.90. The standard InChI is InChI=1S/C18H25N5O/c1-3-11-24-17-9-8-15(12-21-17)13-22-18(19-4-2)23-14-16-7-5-6-10-20-16/h5-10,12H,3-4,11,13-14H2,1-2H3,(H2,19,22,23). The molecule has 6 heteroatoms. The molecule has 6 nitrogen and oxygen atoms in total. The van der Waals surface area contributed by atoms with Gasteiger partial charge in [0.2, 0.25) is 5.88 Å². The van der Waals surface area contributed by atoms with E-state index in [0.29, 0.717) is 25.6 Å². The lowest BCUT2D eigenvalue weighted by Gasteiger charge is -2.11. The molecule has 0 saturated carbocycles. The van der Waals surface area contributed by atoms with Gasteiger partial charge in [0.1, 0.15) is 0 Å². The number of nitrogens with zero attached hydrogens (tertiary/aromatic N) is 3. The van der Waals surface area contributed by atoms with Crippen LogP contribution >= 0.6 is 0 Å². The average Bonchev–Trinajstić information content (AvgIpc) is 2.64. The number of pyridine rings is 2. The van der Waals surface area contributed by atoms with Gasteiger partial charge in [-0.05, 0) is 31.0 Å². The molecule has 2 rings (SSSR count). The fourth-order valence-corrected chi connectivity index (χ4v) is 1.99. The van der Waals surface area contributed by atoms with Crippen LogP contribution in [0.1, 0.15) is 31.5 Å². The Bertz CT molecular complexity index is 613. The number of ether oxygens (including phenoxy) is 1. The minimum Gasteiger partial charge on any atom is -0.478 e. The number of rotatable bonds is 8. The van der Waals surface area contributed by atoms with Crippen molar-refractivity contribution in [3.8, 4) is 5.88 Å². The van der Waals surface area contributed by atoms with Crippen molar-refractivity contribution in [3.05, 3.63) is 54.0 Å². The predicted octanol–water partition coefficient (Wildman–Crippen LogP) is 2.52. The van der Waals surface area contributed by atoms with Gasteiger partial charge >= 0.3 is 0 Å². The van der Waals surface area contributed by atoms with E-state index in [1.165, 1.54) is 0 Å². The molecule has 2 aromatic rings. The summed E-state index contributed by atoms with van der Waals surface area (Å²) < 4.78 is 5.48. The molecule has 0 aliphatic carbocycles. The van der Waals surface area contributed by atoms with Crippen LogP contribution in [0, 0.1) is 0 Å². The third-order valence-corrected chi connectivity index (χ3v) is 3.18. The van der Waals surface area contributed by atoms with Crippen molar-refractivity contribution in [2.75, 3.05) is 13.2 Å². The van der Waals surface area contributed by atoms with Crippen molar-refractivity contribution in [3.63, 3.8) is 0 Å². The van der Waals surface area contributed by atoms with E-state index in [2.05, 4.69) is 32.5 Å². The van der Waals surface area contributed by atoms with E-state index in [0.717, 1.165) is 30.2 Å². The van der Waals surface area contributed by atoms with Crippen LogP contribution in [0.5, 0.6) is 5.88 Å². The van der Waals surface area contributed by atoms with E-state index in [4.69, 9.17) is 4.74 Å². The molecular weight excluding hydrogens is 302 g/mol. The van der Waals surface area contributed by atoms with Crippen LogP contribution in [0.4, 0.5) is 0 Å². The van der Waals surface area contributed by atoms with E-state index in [-0.39, 0.29) is 0 Å². The maximum Gasteiger partial charge on any atom is 0.213 e. The zero-order valence-electron chi connectivity index (χ0n) is 14.3. The summed E-state index contributed by atoms with van der Waals surface area (Å²) in [5.41, 5.74) is 2.01. The zero-order valence-corrected chi connectivity index (χ0v) is 14.3. The number of guanidine groups is 1. The number of hydrogen-bond acceptors (Lipinski definition) is 4. The van der Waals surface area contributed by atoms with Crippen molar-refractivity contribution >= 4 is 5.96 Å². The van der Waals surface area contributed by atoms with Gasteiger partial charge in [-0.3, -0.25) is 4.98 Å². The molecular formula is C18H25N5O. The third-order valence-electron chi connectivity index (χ3n) is 3.18. The second kappa shape index (κ2) is 10.2. The first-order chi connectivity index (χ1) is 11.8. The first-order valence-corrected chi connectivity index (χ1v) is 8.31. The van der Waals surface area contributed by atoms with Crippen LogP contribution < -0.4 is 15.4 Å². The lowest BCUT2D eigenvalue weighted by atomic mass is 10.3. The molecule has 0 unspecified atom stereocenters. The fourth-order valence-electron chi connectivity index (χ4n) is 1.99. The van der Waals surface area contributed by atoms with Crippen LogP contribution in [0.15, 0.2) is 47.7 Å². The molecule has 0 aliphatic rings. The molecule has 0 spiro atoms. The van der Waals surface area contributed by atoms with Gasteiger partial charge in [0.05, 0.1) is 25.4 Å². The van der Waals surface area contributed by atoms with Gasteiger partial charge in [0.25, 0.3) is 0 Å². The topological polar surface area (TPSA) is 71.4 Å². The van der Waals surface area contributed by atoms with Gasteiger partial charge in [-0.25, -0.2) is 9.98 Å². The van der Waals surface area contributed by atoms with Crippen LogP contribution in [-0.4, -0.2) is 29.1 Å². The lowest BCUT2D eigenvalue weighted by molar-refractivity contribution is 0.305. The highest BCUT2D eigenvalue weighted by Gasteiger charge is 2.00. The Kier molecular flexibility index (Phi) is 7.53. The minimum atomic E-state index is 0.554. The molecule has 0 aliphatic heterocycles. The maximum absolute atomic E-state index is 5.48. The lowest BCUT2D eigenvalue weighted by Crippen LogP contribution is -2.37. The minimum absolute atomic E-state index is 0.554. The van der Waals surface area contributed by atoms with E-state index >= 15 is 0 Å². The summed E-state index contributed by atoms with van der Waals surface area (Å²) in [7, 11) is 0. The van der Waals surface area contributed by atoms with Crippen molar-refractivity contribution in [2.24, 2.45) is 4.99 Å². The number of hydrogen-bond donors (Lipinski definition) is 2. The molecule has 0 aromatic carbocycles. The quantitative estimate of drug-likeness (QED) is 0.576. The van der Waals surface area contributed by atoms with E-state index in [9.17, 15) is 0 Å². The SMILES string of the molecule is CCCOc1ccc(CN=C(NCC)NCc2ccccn2)cn1. The summed E-state index contributed by atoms with van der Waals surface area (Å²) in [6, 6.07) is 9.74. The van der Waals surface area contributed by atoms with Crippen molar-refractivity contribution in [1.29, 1.82) is 0 Å². The highest BCUT2D eigenvalue weighted by Crippen LogP contribution is 2.08. The Morgan fingerprint density at radius 3 is 2.71 bits per heavy atom. The van der Waals surface area contributed by atoms with Gasteiger partial charge in [0, 0.05) is 25.0 Å². The van der Waals surface area contributed by atoms with Gasteiger partial charge in [-0.1, -0.05) is 19.1 Å². The van der Waals surface area contributed by atoms with E-state index in [1.54, 1.807) is 12.4 Å². The second-order valence-electron chi connectivity index (χ2n) is 5.22. The molecule has 2 N–H and O–H groups in total. The number of aromatic nitrogens is 2. The zero-order chi connectivity index (χ0) is 17.0. The van der Waals surface area contributed by atoms with Crippen LogP contribution in [-0.2, 0) is 13.1 Å². The van der Waals surface area contributed by atoms with E-state index < -0.39 is 0 Å². The number of nitrogens with one attached hydrogen (secondary N) is 2. The monoisotopic (exact) mass is 327 g/mol. The van der Waals surface area contributed by atoms with E-state index in [1.807, 2.05) is 37.3 Å². The third kappa shape index (κ3) is 6.24. The summed E-state index contributed by atoms with van der Waals surface area (Å²) in [5, 5.41) is 6.51. The summed E-state index contributed by atoms with van der Waals surface area (Å²) in [6.45, 7) is 6.79. The maximum atomic E-state index is 5.48. The smallest absolute Gasteiger partial charge is 0.213 e. The Hall–Kier alpha value is -2.63. The molecule has 24 heavy (non-hydrogen) atoms. The molecule has 128 valence electrons. The molecule has 0 atom stereocenters. The average molecular weight is 327 g/mol. The largest absolute Gasteiger partial charge is 0.478 e. The normalized spacial score (nSPS) is 11.2. The molecule has 0 bridgehead atoms. The molecule has 2 aromatic heterocycles. The summed E-state index contributed by atoms with van der Waals surface area (Å²) in [6.07, 6.45) is 4.56. The Morgan fingerprint density at radius 2 is 2.04 bits per heavy atom. The van der Waals surface area contributed by atoms with Gasteiger partial charge in [0.15, 0.2) is 5.96 Å². The van der Waals surface area contributed by atoms with Crippen molar-refractivity contribution in [2.45, 2.75) is 33.4 Å². The van der Waals surface area contributed by atoms with Gasteiger partial charge in [-0.15, -0.1) is 0 Å². The van der Waals surface area contributed by atoms with Gasteiger partial charge < -0.3 is 15.4 Å². The second-order valence-corrected chi connectivity index (χ2v) is 5.22. The van der Waals surface area contributed by atoms with Crippen molar-refractivity contribution in [1.82, 2.24) is 20.6 Å². The molecule has 0 saturated heterocycles. The molecule has 0 fully saturated rings. The van der Waals surface area contributed by atoms with Gasteiger partial charge in [-0.2, -0.15) is 0 Å². The molecule has 0 amide bonds. The van der Waals surface area contributed by atoms with Crippen LogP contribution in [0.2, 0.25) is 0 Å². The van der Waals surface area contributed by atoms with Crippen LogP contribution in [0.3, 0.4) is 0 Å². The number of aliphatic imine (C=N–C) groups is 1. The molecule has 2 heterocycles. The fraction of sp³-hybridized carbons (Fsp3) is 0.389. The predicted molar refractivity (Wildman–Crippen MR) is 95.9 cm³/mol. The summed E-state index contributed by atoms with van der Waals surface area (Å²) in [4.78, 5) is 13.2. The van der Waals surface area contributed by atoms with Crippen LogP contribution in [0.25, 0.3) is 0 Å². The summed E-state index contributed by atoms with van der Waals surface area (Å²) >= 11 is 0. The Labute approximate surface area is 143 Å². The first-order valence-electron chi connectivity index (χ1n) is 8.31. The highest BCUT2D eigenvalue weighted by molar-refractivity contribution is 5.79. The first kappa shape index (κ1) is 17.7. The summed E-state index contributed by atoms with van der Waals surface area (Å²) in [5.74, 6) is 1.42. The van der Waals surface area contributed by atoms with Crippen molar-refractivity contribution < 1.29 is 4.74 Å². The molecule has 0 radical (unpaired) electrons.